The van der Waals surface area contributed by atoms with Gasteiger partial charge in [-0.15, -0.1) is 0 Å². The normalized spacial score (nSPS) is 12.8. The summed E-state index contributed by atoms with van der Waals surface area (Å²) in [6, 6.07) is 11.5. The topological polar surface area (TPSA) is 76.4 Å². The highest BCUT2D eigenvalue weighted by Crippen LogP contribution is 2.23. The molecule has 2 heterocycles. The Morgan fingerprint density at radius 3 is 2.92 bits per heavy atom. The van der Waals surface area contributed by atoms with Gasteiger partial charge < -0.3 is 19.4 Å². The summed E-state index contributed by atoms with van der Waals surface area (Å²) in [5.41, 5.74) is 3.45. The van der Waals surface area contributed by atoms with Crippen LogP contribution in [0.3, 0.4) is 0 Å². The number of nitriles is 1. The monoisotopic (exact) mass is 337 g/mol. The fraction of sp³-hybridized carbons (Fsp3) is 0.333. The second kappa shape index (κ2) is 7.56. The van der Waals surface area contributed by atoms with E-state index in [4.69, 9.17) is 14.0 Å². The van der Waals surface area contributed by atoms with Gasteiger partial charge in [-0.25, -0.2) is 0 Å². The standard InChI is InChI=1S/C18H20BN3O3/c1-12(2)10-24-18-13(9-20)4-7-17(22-18)21-15-5-6-16-14(8-15)11-25-19(16)23-3/h4-8,12H,10-11H2,1-3H3,(H,21,22). The second-order valence-corrected chi connectivity index (χ2v) is 6.28. The largest absolute Gasteiger partial charge is 0.494 e. The highest BCUT2D eigenvalue weighted by atomic mass is 16.6. The summed E-state index contributed by atoms with van der Waals surface area (Å²) in [4.78, 5) is 4.42. The van der Waals surface area contributed by atoms with Crippen LogP contribution in [0.2, 0.25) is 0 Å². The Kier molecular flexibility index (Phi) is 5.22. The molecule has 0 aliphatic carbocycles. The van der Waals surface area contributed by atoms with Crippen molar-refractivity contribution in [2.75, 3.05) is 19.0 Å². The van der Waals surface area contributed by atoms with Crippen molar-refractivity contribution < 1.29 is 14.0 Å². The van der Waals surface area contributed by atoms with Crippen LogP contribution in [0.1, 0.15) is 25.0 Å². The van der Waals surface area contributed by atoms with Crippen LogP contribution in [0.5, 0.6) is 5.88 Å². The molecular formula is C18H20BN3O3. The van der Waals surface area contributed by atoms with E-state index in [-0.39, 0.29) is 7.12 Å². The van der Waals surface area contributed by atoms with Crippen molar-refractivity contribution in [2.45, 2.75) is 20.5 Å². The third kappa shape index (κ3) is 3.93. The van der Waals surface area contributed by atoms with Crippen molar-refractivity contribution in [3.8, 4) is 11.9 Å². The number of hydrogen-bond donors (Lipinski definition) is 1. The lowest BCUT2D eigenvalue weighted by molar-refractivity contribution is 0.246. The zero-order valence-electron chi connectivity index (χ0n) is 14.6. The van der Waals surface area contributed by atoms with Crippen LogP contribution < -0.4 is 15.5 Å². The van der Waals surface area contributed by atoms with Crippen molar-refractivity contribution >= 4 is 24.1 Å². The molecule has 0 saturated carbocycles. The maximum absolute atomic E-state index is 9.20. The van der Waals surface area contributed by atoms with Crippen molar-refractivity contribution in [3.05, 3.63) is 41.5 Å². The van der Waals surface area contributed by atoms with Crippen LogP contribution in [0.25, 0.3) is 0 Å². The number of benzene rings is 1. The van der Waals surface area contributed by atoms with E-state index >= 15 is 0 Å². The fourth-order valence-electron chi connectivity index (χ4n) is 2.59. The first-order chi connectivity index (χ1) is 12.1. The Balaban J connectivity index is 1.79. The number of pyridine rings is 1. The number of nitrogens with one attached hydrogen (secondary N) is 1. The predicted octanol–water partition coefficient (Wildman–Crippen LogP) is 2.60. The molecule has 0 fully saturated rings. The van der Waals surface area contributed by atoms with Gasteiger partial charge in [0.1, 0.15) is 17.5 Å². The van der Waals surface area contributed by atoms with Crippen LogP contribution in [0.15, 0.2) is 30.3 Å². The third-order valence-corrected chi connectivity index (χ3v) is 3.81. The summed E-state index contributed by atoms with van der Waals surface area (Å²) in [6.45, 7) is 5.13. The van der Waals surface area contributed by atoms with Crippen molar-refractivity contribution in [2.24, 2.45) is 5.92 Å². The van der Waals surface area contributed by atoms with E-state index in [1.54, 1.807) is 19.2 Å². The quantitative estimate of drug-likeness (QED) is 0.817. The summed E-state index contributed by atoms with van der Waals surface area (Å²) in [7, 11) is 1.33. The van der Waals surface area contributed by atoms with Gasteiger partial charge in [0, 0.05) is 12.8 Å². The summed E-state index contributed by atoms with van der Waals surface area (Å²) < 4.78 is 16.5. The van der Waals surface area contributed by atoms with E-state index in [9.17, 15) is 5.26 Å². The van der Waals surface area contributed by atoms with E-state index in [0.29, 0.717) is 36.4 Å². The molecule has 1 aromatic heterocycles. The third-order valence-electron chi connectivity index (χ3n) is 3.81. The Morgan fingerprint density at radius 1 is 1.36 bits per heavy atom. The van der Waals surface area contributed by atoms with Crippen molar-refractivity contribution in [1.82, 2.24) is 4.98 Å². The molecule has 1 aliphatic heterocycles. The van der Waals surface area contributed by atoms with Gasteiger partial charge in [0.15, 0.2) is 0 Å². The SMILES string of the molecule is COB1OCc2cc(Nc3ccc(C#N)c(OCC(C)C)n3)ccc21. The van der Waals surface area contributed by atoms with Gasteiger partial charge in [0.25, 0.3) is 0 Å². The Hall–Kier alpha value is -2.56. The smallest absolute Gasteiger partial charge is 0.476 e. The van der Waals surface area contributed by atoms with Gasteiger partial charge in [0.2, 0.25) is 5.88 Å². The molecule has 0 saturated heterocycles. The molecule has 0 amide bonds. The average molecular weight is 337 g/mol. The first kappa shape index (κ1) is 17.3. The molecule has 0 atom stereocenters. The van der Waals surface area contributed by atoms with Crippen LogP contribution in [0, 0.1) is 17.2 Å². The first-order valence-corrected chi connectivity index (χ1v) is 8.19. The molecule has 1 aliphatic rings. The molecule has 128 valence electrons. The fourth-order valence-corrected chi connectivity index (χ4v) is 2.59. The molecule has 25 heavy (non-hydrogen) atoms. The first-order valence-electron chi connectivity index (χ1n) is 8.19. The summed E-state index contributed by atoms with van der Waals surface area (Å²) in [6.07, 6.45) is 0. The molecule has 0 unspecified atom stereocenters. The van der Waals surface area contributed by atoms with Gasteiger partial charge in [-0.3, -0.25) is 0 Å². The molecule has 1 N–H and O–H groups in total. The molecular weight excluding hydrogens is 317 g/mol. The van der Waals surface area contributed by atoms with Gasteiger partial charge in [-0.05, 0) is 41.2 Å². The van der Waals surface area contributed by atoms with Crippen LogP contribution in [-0.2, 0) is 15.9 Å². The Morgan fingerprint density at radius 2 is 2.20 bits per heavy atom. The highest BCUT2D eigenvalue weighted by molar-refractivity contribution is 6.62. The minimum absolute atomic E-state index is 0.298. The number of nitrogens with zero attached hydrogens (tertiary/aromatic N) is 2. The molecule has 1 aromatic carbocycles. The minimum atomic E-state index is -0.298. The minimum Gasteiger partial charge on any atom is -0.476 e. The number of aromatic nitrogens is 1. The van der Waals surface area contributed by atoms with Crippen LogP contribution >= 0.6 is 0 Å². The lowest BCUT2D eigenvalue weighted by Crippen LogP contribution is -2.30. The van der Waals surface area contributed by atoms with E-state index < -0.39 is 0 Å². The maximum atomic E-state index is 9.20. The highest BCUT2D eigenvalue weighted by Gasteiger charge is 2.29. The number of anilines is 2. The number of ether oxygens (including phenoxy) is 1. The van der Waals surface area contributed by atoms with E-state index in [1.807, 2.05) is 32.0 Å². The number of hydrogen-bond acceptors (Lipinski definition) is 6. The molecule has 7 heteroatoms. The molecule has 2 aromatic rings. The second-order valence-electron chi connectivity index (χ2n) is 6.28. The Bertz CT molecular complexity index is 805. The van der Waals surface area contributed by atoms with Gasteiger partial charge >= 0.3 is 7.12 Å². The van der Waals surface area contributed by atoms with Crippen LogP contribution in [-0.4, -0.2) is 25.8 Å². The van der Waals surface area contributed by atoms with E-state index in [1.165, 1.54) is 0 Å². The van der Waals surface area contributed by atoms with Gasteiger partial charge in [-0.2, -0.15) is 10.2 Å². The average Bonchev–Trinajstić information content (AvgIpc) is 3.02. The van der Waals surface area contributed by atoms with Crippen molar-refractivity contribution in [1.29, 1.82) is 5.26 Å². The molecule has 0 bridgehead atoms. The molecule has 6 nitrogen and oxygen atoms in total. The molecule has 0 radical (unpaired) electrons. The van der Waals surface area contributed by atoms with Crippen molar-refractivity contribution in [3.63, 3.8) is 0 Å². The Labute approximate surface area is 147 Å². The van der Waals surface area contributed by atoms with E-state index in [0.717, 1.165) is 16.7 Å². The maximum Gasteiger partial charge on any atom is 0.494 e. The molecule has 0 spiro atoms. The lowest BCUT2D eigenvalue weighted by Gasteiger charge is -2.12. The van der Waals surface area contributed by atoms with E-state index in [2.05, 4.69) is 16.4 Å². The van der Waals surface area contributed by atoms with Crippen LogP contribution in [0.4, 0.5) is 11.5 Å². The molecule has 3 rings (SSSR count). The lowest BCUT2D eigenvalue weighted by atomic mass is 9.79. The van der Waals surface area contributed by atoms with Gasteiger partial charge in [0.05, 0.1) is 13.2 Å². The summed E-state index contributed by atoms with van der Waals surface area (Å²) in [5.74, 6) is 1.33. The predicted molar refractivity (Wildman–Crippen MR) is 96.2 cm³/mol. The summed E-state index contributed by atoms with van der Waals surface area (Å²) >= 11 is 0. The number of rotatable bonds is 6. The van der Waals surface area contributed by atoms with Gasteiger partial charge in [-0.1, -0.05) is 19.9 Å². The summed E-state index contributed by atoms with van der Waals surface area (Å²) in [5, 5.41) is 12.5. The number of fused-ring (bicyclic) bond motifs is 1. The zero-order valence-corrected chi connectivity index (χ0v) is 14.6. The zero-order chi connectivity index (χ0) is 17.8.